The molecule has 0 unspecified atom stereocenters. The van der Waals surface area contributed by atoms with E-state index < -0.39 is 0 Å². The number of aryl methyl sites for hydroxylation is 1. The molecule has 1 aromatic carbocycles. The van der Waals surface area contributed by atoms with Crippen LogP contribution in [0.5, 0.6) is 0 Å². The van der Waals surface area contributed by atoms with Crippen molar-refractivity contribution >= 4 is 5.91 Å². The predicted octanol–water partition coefficient (Wildman–Crippen LogP) is 2.61. The molecule has 1 aliphatic rings. The van der Waals surface area contributed by atoms with E-state index in [-0.39, 0.29) is 18.1 Å². The number of rotatable bonds is 4. The lowest BCUT2D eigenvalue weighted by Crippen LogP contribution is -2.35. The lowest BCUT2D eigenvalue weighted by molar-refractivity contribution is -0.130. The average molecular weight is 247 g/mol. The summed E-state index contributed by atoms with van der Waals surface area (Å²) in [6.45, 7) is 4.85. The van der Waals surface area contributed by atoms with E-state index >= 15 is 0 Å². The molecule has 1 N–H and O–H groups in total. The van der Waals surface area contributed by atoms with Gasteiger partial charge in [-0.15, -0.1) is 0 Å². The predicted molar refractivity (Wildman–Crippen MR) is 71.4 cm³/mol. The van der Waals surface area contributed by atoms with Crippen LogP contribution in [0.3, 0.4) is 0 Å². The maximum absolute atomic E-state index is 11.9. The van der Waals surface area contributed by atoms with Crippen LogP contribution < -0.4 is 5.32 Å². The van der Waals surface area contributed by atoms with Crippen molar-refractivity contribution in [2.45, 2.75) is 45.3 Å². The Balaban J connectivity index is 1.93. The first-order chi connectivity index (χ1) is 8.70. The Morgan fingerprint density at radius 2 is 2.17 bits per heavy atom. The van der Waals surface area contributed by atoms with E-state index in [2.05, 4.69) is 36.5 Å². The molecule has 3 heteroatoms. The number of benzene rings is 1. The summed E-state index contributed by atoms with van der Waals surface area (Å²) in [6.07, 6.45) is 2.62. The molecule has 0 aromatic heterocycles. The fourth-order valence-corrected chi connectivity index (χ4v) is 2.22. The summed E-state index contributed by atoms with van der Waals surface area (Å²) < 4.78 is 5.38. The van der Waals surface area contributed by atoms with Gasteiger partial charge in [0.1, 0.15) is 6.10 Å². The molecule has 1 fully saturated rings. The highest BCUT2D eigenvalue weighted by molar-refractivity contribution is 5.81. The van der Waals surface area contributed by atoms with E-state index in [0.717, 1.165) is 24.8 Å². The quantitative estimate of drug-likeness (QED) is 0.888. The first-order valence-corrected chi connectivity index (χ1v) is 6.71. The van der Waals surface area contributed by atoms with E-state index in [9.17, 15) is 4.79 Å². The monoisotopic (exact) mass is 247 g/mol. The number of amides is 1. The molecule has 1 amide bonds. The van der Waals surface area contributed by atoms with Crippen LogP contribution >= 0.6 is 0 Å². The molecule has 18 heavy (non-hydrogen) atoms. The van der Waals surface area contributed by atoms with E-state index in [1.54, 1.807) is 0 Å². The molecule has 2 atom stereocenters. The highest BCUT2D eigenvalue weighted by atomic mass is 16.5. The van der Waals surface area contributed by atoms with Crippen molar-refractivity contribution in [3.8, 4) is 0 Å². The zero-order chi connectivity index (χ0) is 13.0. The molecule has 2 rings (SSSR count). The third-order valence-corrected chi connectivity index (χ3v) is 3.47. The summed E-state index contributed by atoms with van der Waals surface area (Å²) >= 11 is 0. The van der Waals surface area contributed by atoms with Crippen LogP contribution in [-0.2, 0) is 16.0 Å². The van der Waals surface area contributed by atoms with Crippen LogP contribution in [0.15, 0.2) is 24.3 Å². The Morgan fingerprint density at radius 3 is 2.72 bits per heavy atom. The summed E-state index contributed by atoms with van der Waals surface area (Å²) in [7, 11) is 0. The second-order valence-corrected chi connectivity index (χ2v) is 4.83. The first kappa shape index (κ1) is 13.1. The number of nitrogens with one attached hydrogen (secondary N) is 1. The summed E-state index contributed by atoms with van der Waals surface area (Å²) in [5.74, 6) is 0.0135. The molecule has 1 aromatic rings. The molecule has 1 aliphatic heterocycles. The van der Waals surface area contributed by atoms with Gasteiger partial charge in [0.25, 0.3) is 0 Å². The van der Waals surface area contributed by atoms with E-state index in [0.29, 0.717) is 6.61 Å². The second-order valence-electron chi connectivity index (χ2n) is 4.83. The van der Waals surface area contributed by atoms with Crippen molar-refractivity contribution < 1.29 is 9.53 Å². The lowest BCUT2D eigenvalue weighted by atomic mass is 10.0. The van der Waals surface area contributed by atoms with Gasteiger partial charge in [-0.25, -0.2) is 0 Å². The van der Waals surface area contributed by atoms with Gasteiger partial charge in [0.2, 0.25) is 5.91 Å². The van der Waals surface area contributed by atoms with Crippen LogP contribution in [0.4, 0.5) is 0 Å². The summed E-state index contributed by atoms with van der Waals surface area (Å²) in [5, 5.41) is 3.01. The van der Waals surface area contributed by atoms with Crippen molar-refractivity contribution in [3.63, 3.8) is 0 Å². The highest BCUT2D eigenvalue weighted by Gasteiger charge is 2.24. The Labute approximate surface area is 109 Å². The third-order valence-electron chi connectivity index (χ3n) is 3.47. The fraction of sp³-hybridized carbons (Fsp3) is 0.533. The zero-order valence-corrected chi connectivity index (χ0v) is 11.1. The van der Waals surface area contributed by atoms with Crippen LogP contribution in [0.2, 0.25) is 0 Å². The van der Waals surface area contributed by atoms with Crippen molar-refractivity contribution in [1.82, 2.24) is 5.32 Å². The first-order valence-electron chi connectivity index (χ1n) is 6.71. The van der Waals surface area contributed by atoms with Crippen LogP contribution in [0, 0.1) is 0 Å². The average Bonchev–Trinajstić information content (AvgIpc) is 2.92. The van der Waals surface area contributed by atoms with Gasteiger partial charge in [0.05, 0.1) is 6.04 Å². The molecule has 3 nitrogen and oxygen atoms in total. The summed E-state index contributed by atoms with van der Waals surface area (Å²) in [6, 6.07) is 8.43. The lowest BCUT2D eigenvalue weighted by Gasteiger charge is -2.17. The van der Waals surface area contributed by atoms with Crippen LogP contribution in [-0.4, -0.2) is 18.6 Å². The molecule has 0 aliphatic carbocycles. The van der Waals surface area contributed by atoms with Crippen molar-refractivity contribution in [3.05, 3.63) is 35.4 Å². The highest BCUT2D eigenvalue weighted by Crippen LogP contribution is 2.16. The number of carbonyl (C=O) groups excluding carboxylic acids is 1. The topological polar surface area (TPSA) is 38.3 Å². The van der Waals surface area contributed by atoms with Crippen LogP contribution in [0.1, 0.15) is 43.9 Å². The zero-order valence-electron chi connectivity index (χ0n) is 11.1. The van der Waals surface area contributed by atoms with E-state index in [1.165, 1.54) is 5.56 Å². The Morgan fingerprint density at radius 1 is 1.44 bits per heavy atom. The smallest absolute Gasteiger partial charge is 0.249 e. The molecular weight excluding hydrogens is 226 g/mol. The molecule has 0 radical (unpaired) electrons. The van der Waals surface area contributed by atoms with Gasteiger partial charge < -0.3 is 10.1 Å². The molecule has 1 saturated heterocycles. The standard InChI is InChI=1S/C15H21NO2/c1-3-12-6-8-13(9-7-12)11(2)16-15(17)14-5-4-10-18-14/h6-9,11,14H,3-5,10H2,1-2H3,(H,16,17)/t11-,14-/m0/s1. The van der Waals surface area contributed by atoms with Gasteiger partial charge in [-0.3, -0.25) is 4.79 Å². The van der Waals surface area contributed by atoms with Gasteiger partial charge in [0.15, 0.2) is 0 Å². The molecule has 0 saturated carbocycles. The van der Waals surface area contributed by atoms with E-state index in [1.807, 2.05) is 6.92 Å². The molecule has 1 heterocycles. The van der Waals surface area contributed by atoms with Gasteiger partial charge in [-0.05, 0) is 37.3 Å². The maximum atomic E-state index is 11.9. The van der Waals surface area contributed by atoms with Gasteiger partial charge in [0, 0.05) is 6.61 Å². The number of carbonyl (C=O) groups is 1. The number of hydrogen-bond acceptors (Lipinski definition) is 2. The Hall–Kier alpha value is -1.35. The Bertz CT molecular complexity index is 393. The largest absolute Gasteiger partial charge is 0.368 e. The maximum Gasteiger partial charge on any atom is 0.249 e. The minimum absolute atomic E-state index is 0.0135. The molecular formula is C15H21NO2. The van der Waals surface area contributed by atoms with Gasteiger partial charge >= 0.3 is 0 Å². The summed E-state index contributed by atoms with van der Waals surface area (Å²) in [5.41, 5.74) is 2.45. The summed E-state index contributed by atoms with van der Waals surface area (Å²) in [4.78, 5) is 11.9. The van der Waals surface area contributed by atoms with E-state index in [4.69, 9.17) is 4.74 Å². The molecule has 0 spiro atoms. The second kappa shape index (κ2) is 6.01. The minimum Gasteiger partial charge on any atom is -0.368 e. The number of hydrogen-bond donors (Lipinski definition) is 1. The van der Waals surface area contributed by atoms with Crippen LogP contribution in [0.25, 0.3) is 0 Å². The normalized spacial score (nSPS) is 20.7. The van der Waals surface area contributed by atoms with Crippen molar-refractivity contribution in [2.75, 3.05) is 6.61 Å². The SMILES string of the molecule is CCc1ccc([C@H](C)NC(=O)[C@@H]2CCCO2)cc1. The van der Waals surface area contributed by atoms with Gasteiger partial charge in [-0.1, -0.05) is 31.2 Å². The van der Waals surface area contributed by atoms with Crippen molar-refractivity contribution in [1.29, 1.82) is 0 Å². The fourth-order valence-electron chi connectivity index (χ4n) is 2.22. The van der Waals surface area contributed by atoms with Crippen molar-refractivity contribution in [2.24, 2.45) is 0 Å². The molecule has 0 bridgehead atoms. The third kappa shape index (κ3) is 3.10. The Kier molecular flexibility index (Phi) is 4.37. The van der Waals surface area contributed by atoms with Gasteiger partial charge in [-0.2, -0.15) is 0 Å². The minimum atomic E-state index is -0.248. The number of ether oxygens (including phenoxy) is 1. The molecule has 98 valence electrons.